The average Bonchev–Trinajstić information content (AvgIpc) is 2.72. The van der Waals surface area contributed by atoms with Gasteiger partial charge in [-0.05, 0) is 37.3 Å². The van der Waals surface area contributed by atoms with Crippen molar-refractivity contribution in [1.29, 1.82) is 0 Å². The van der Waals surface area contributed by atoms with Gasteiger partial charge in [-0.2, -0.15) is 4.98 Å². The van der Waals surface area contributed by atoms with Crippen LogP contribution in [0.5, 0.6) is 0 Å². The van der Waals surface area contributed by atoms with Crippen LogP contribution in [0.3, 0.4) is 0 Å². The lowest BCUT2D eigenvalue weighted by Gasteiger charge is -2.12. The van der Waals surface area contributed by atoms with Gasteiger partial charge in [0.15, 0.2) is 0 Å². The van der Waals surface area contributed by atoms with Crippen LogP contribution < -0.4 is 10.6 Å². The van der Waals surface area contributed by atoms with Crippen molar-refractivity contribution in [1.82, 2.24) is 9.97 Å². The Hall–Kier alpha value is -3.94. The number of ether oxygens (including phenoxy) is 2. The number of carbonyl (C=O) groups is 2. The number of esters is 2. The largest absolute Gasteiger partial charge is 0.465 e. The fourth-order valence-corrected chi connectivity index (χ4v) is 2.68. The lowest BCUT2D eigenvalue weighted by Crippen LogP contribution is -2.07. The summed E-state index contributed by atoms with van der Waals surface area (Å²) in [5, 5.41) is 6.20. The van der Waals surface area contributed by atoms with Crippen LogP contribution in [0.1, 0.15) is 26.4 Å². The van der Waals surface area contributed by atoms with E-state index in [0.717, 1.165) is 0 Å². The Bertz CT molecular complexity index is 1050. The molecular weight excluding hydrogens is 372 g/mol. The van der Waals surface area contributed by atoms with E-state index in [4.69, 9.17) is 9.47 Å². The van der Waals surface area contributed by atoms with Crippen molar-refractivity contribution in [2.75, 3.05) is 24.9 Å². The predicted molar refractivity (Wildman–Crippen MR) is 109 cm³/mol. The molecule has 0 bridgehead atoms. The number of methoxy groups -OCH3 is 2. The van der Waals surface area contributed by atoms with E-state index in [1.54, 1.807) is 54.6 Å². The topological polar surface area (TPSA) is 102 Å². The molecule has 3 aromatic rings. The van der Waals surface area contributed by atoms with Gasteiger partial charge in [-0.25, -0.2) is 14.6 Å². The smallest absolute Gasteiger partial charge is 0.339 e. The van der Waals surface area contributed by atoms with E-state index in [2.05, 4.69) is 20.6 Å². The summed E-state index contributed by atoms with van der Waals surface area (Å²) in [6.45, 7) is 1.83. The van der Waals surface area contributed by atoms with Gasteiger partial charge in [-0.3, -0.25) is 0 Å². The van der Waals surface area contributed by atoms with E-state index in [1.807, 2.05) is 6.92 Å². The van der Waals surface area contributed by atoms with Gasteiger partial charge in [0.05, 0.1) is 31.0 Å². The maximum absolute atomic E-state index is 12.0. The summed E-state index contributed by atoms with van der Waals surface area (Å²) < 4.78 is 9.56. The zero-order chi connectivity index (χ0) is 20.8. The second-order valence-electron chi connectivity index (χ2n) is 6.08. The molecule has 2 N–H and O–H groups in total. The van der Waals surface area contributed by atoms with Crippen LogP contribution in [-0.4, -0.2) is 36.1 Å². The monoisotopic (exact) mass is 392 g/mol. The third-order valence-corrected chi connectivity index (χ3v) is 3.99. The molecule has 0 amide bonds. The van der Waals surface area contributed by atoms with E-state index < -0.39 is 11.9 Å². The van der Waals surface area contributed by atoms with E-state index in [9.17, 15) is 9.59 Å². The van der Waals surface area contributed by atoms with E-state index in [1.165, 1.54) is 14.2 Å². The van der Waals surface area contributed by atoms with Crippen LogP contribution in [0.15, 0.2) is 54.6 Å². The average molecular weight is 392 g/mol. The molecule has 3 rings (SSSR count). The summed E-state index contributed by atoms with van der Waals surface area (Å²) >= 11 is 0. The Morgan fingerprint density at radius 3 is 2.38 bits per heavy atom. The summed E-state index contributed by atoms with van der Waals surface area (Å²) in [5.74, 6) is -0.0389. The predicted octanol–water partition coefficient (Wildman–Crippen LogP) is 3.85. The number of carbonyl (C=O) groups excluding carboxylic acids is 2. The zero-order valence-electron chi connectivity index (χ0n) is 16.2. The number of para-hydroxylation sites is 1. The number of rotatable bonds is 6. The summed E-state index contributed by atoms with van der Waals surface area (Å²) in [6, 6.07) is 15.6. The van der Waals surface area contributed by atoms with Gasteiger partial charge < -0.3 is 20.1 Å². The SMILES string of the molecule is COC(=O)c1cccc(Nc2nc(C)cc(Nc3ccccc3C(=O)OC)n2)c1. The highest BCUT2D eigenvalue weighted by Gasteiger charge is 2.13. The standard InChI is InChI=1S/C21H20N4O4/c1-13-11-18(24-17-10-5-4-9-16(17)20(27)29-3)25-21(22-13)23-15-8-6-7-14(12-15)19(26)28-2/h4-12H,1-3H3,(H2,22,23,24,25). The first-order valence-corrected chi connectivity index (χ1v) is 8.75. The maximum atomic E-state index is 12.0. The van der Waals surface area contributed by atoms with Crippen molar-refractivity contribution in [2.45, 2.75) is 6.92 Å². The number of hydrogen-bond donors (Lipinski definition) is 2. The van der Waals surface area contributed by atoms with Crippen molar-refractivity contribution in [3.05, 3.63) is 71.4 Å². The lowest BCUT2D eigenvalue weighted by molar-refractivity contribution is 0.0592. The quantitative estimate of drug-likeness (QED) is 0.610. The highest BCUT2D eigenvalue weighted by molar-refractivity contribution is 5.96. The first-order valence-electron chi connectivity index (χ1n) is 8.75. The molecule has 0 spiro atoms. The molecule has 0 unspecified atom stereocenters. The first kappa shape index (κ1) is 19.8. The highest BCUT2D eigenvalue weighted by Crippen LogP contribution is 2.23. The normalized spacial score (nSPS) is 10.2. The second kappa shape index (κ2) is 8.83. The molecule has 2 aromatic carbocycles. The molecule has 148 valence electrons. The number of benzene rings is 2. The van der Waals surface area contributed by atoms with Crippen molar-refractivity contribution in [2.24, 2.45) is 0 Å². The maximum Gasteiger partial charge on any atom is 0.339 e. The molecule has 1 aromatic heterocycles. The fraction of sp³-hybridized carbons (Fsp3) is 0.143. The molecule has 0 aliphatic heterocycles. The van der Waals surface area contributed by atoms with E-state index in [0.29, 0.717) is 40.0 Å². The molecule has 0 fully saturated rings. The lowest BCUT2D eigenvalue weighted by atomic mass is 10.2. The Labute approximate surface area is 167 Å². The Kier molecular flexibility index (Phi) is 6.03. The zero-order valence-corrected chi connectivity index (χ0v) is 16.2. The second-order valence-corrected chi connectivity index (χ2v) is 6.08. The van der Waals surface area contributed by atoms with E-state index >= 15 is 0 Å². The van der Waals surface area contributed by atoms with Crippen molar-refractivity contribution in [3.8, 4) is 0 Å². The molecule has 8 heteroatoms. The van der Waals surface area contributed by atoms with Crippen LogP contribution in [0, 0.1) is 6.92 Å². The van der Waals surface area contributed by atoms with Gasteiger partial charge in [0.25, 0.3) is 0 Å². The van der Waals surface area contributed by atoms with Gasteiger partial charge in [0.1, 0.15) is 5.82 Å². The van der Waals surface area contributed by atoms with Crippen molar-refractivity contribution in [3.63, 3.8) is 0 Å². The first-order chi connectivity index (χ1) is 14.0. The Balaban J connectivity index is 1.86. The van der Waals surface area contributed by atoms with Crippen LogP contribution in [0.25, 0.3) is 0 Å². The highest BCUT2D eigenvalue weighted by atomic mass is 16.5. The molecule has 0 saturated carbocycles. The number of aromatic nitrogens is 2. The van der Waals surface area contributed by atoms with Gasteiger partial charge in [-0.1, -0.05) is 18.2 Å². The van der Waals surface area contributed by atoms with Crippen LogP contribution in [-0.2, 0) is 9.47 Å². The molecule has 1 heterocycles. The minimum absolute atomic E-state index is 0.338. The van der Waals surface area contributed by atoms with Gasteiger partial charge in [0.2, 0.25) is 5.95 Å². The third-order valence-electron chi connectivity index (χ3n) is 3.99. The molecule has 0 atom stereocenters. The van der Waals surface area contributed by atoms with Crippen molar-refractivity contribution < 1.29 is 19.1 Å². The van der Waals surface area contributed by atoms with Gasteiger partial charge in [-0.15, -0.1) is 0 Å². The third kappa shape index (κ3) is 4.86. The van der Waals surface area contributed by atoms with Crippen molar-refractivity contribution >= 4 is 35.1 Å². The van der Waals surface area contributed by atoms with Crippen LogP contribution >= 0.6 is 0 Å². The number of nitrogens with one attached hydrogen (secondary N) is 2. The molecule has 8 nitrogen and oxygen atoms in total. The minimum Gasteiger partial charge on any atom is -0.465 e. The summed E-state index contributed by atoms with van der Waals surface area (Å²) in [6.07, 6.45) is 0. The van der Waals surface area contributed by atoms with Gasteiger partial charge >= 0.3 is 11.9 Å². The van der Waals surface area contributed by atoms with Gasteiger partial charge in [0, 0.05) is 17.4 Å². The summed E-state index contributed by atoms with van der Waals surface area (Å²) in [4.78, 5) is 32.5. The number of aryl methyl sites for hydroxylation is 1. The number of anilines is 4. The summed E-state index contributed by atoms with van der Waals surface area (Å²) in [7, 11) is 2.66. The Morgan fingerprint density at radius 1 is 0.862 bits per heavy atom. The summed E-state index contributed by atoms with van der Waals surface area (Å²) in [5.41, 5.74) is 2.72. The molecule has 0 aliphatic rings. The number of nitrogens with zero attached hydrogens (tertiary/aromatic N) is 2. The molecule has 0 radical (unpaired) electrons. The Morgan fingerprint density at radius 2 is 1.62 bits per heavy atom. The van der Waals surface area contributed by atoms with E-state index in [-0.39, 0.29) is 0 Å². The number of hydrogen-bond acceptors (Lipinski definition) is 8. The van der Waals surface area contributed by atoms with Crippen LogP contribution in [0.2, 0.25) is 0 Å². The molecule has 0 saturated heterocycles. The molecular formula is C21H20N4O4. The minimum atomic E-state index is -0.447. The molecule has 0 aliphatic carbocycles. The van der Waals surface area contributed by atoms with Crippen LogP contribution in [0.4, 0.5) is 23.1 Å². The molecule has 29 heavy (non-hydrogen) atoms. The fourth-order valence-electron chi connectivity index (χ4n) is 2.68.